The van der Waals surface area contributed by atoms with E-state index < -0.39 is 6.09 Å². The zero-order valence-corrected chi connectivity index (χ0v) is 19.3. The molecule has 3 aromatic rings. The topological polar surface area (TPSA) is 78.4 Å². The number of thioether (sulfide) groups is 1. The number of nitrogens with one attached hydrogen (secondary N) is 1. The van der Waals surface area contributed by atoms with Crippen molar-refractivity contribution in [3.8, 4) is 0 Å². The predicted molar refractivity (Wildman–Crippen MR) is 131 cm³/mol. The van der Waals surface area contributed by atoms with Crippen LogP contribution in [0.5, 0.6) is 0 Å². The second-order valence-corrected chi connectivity index (χ2v) is 10.0. The highest BCUT2D eigenvalue weighted by atomic mass is 32.2. The van der Waals surface area contributed by atoms with Gasteiger partial charge in [0.1, 0.15) is 10.8 Å². The minimum absolute atomic E-state index is 0.0702. The van der Waals surface area contributed by atoms with Gasteiger partial charge >= 0.3 is 6.09 Å². The average Bonchev–Trinajstić information content (AvgIpc) is 3.13. The Morgan fingerprint density at radius 1 is 1.06 bits per heavy atom. The van der Waals surface area contributed by atoms with Crippen LogP contribution in [-0.2, 0) is 12.8 Å². The van der Waals surface area contributed by atoms with Gasteiger partial charge in [0.15, 0.2) is 0 Å². The number of nitrogens with zero attached hydrogens (tertiary/aromatic N) is 3. The second-order valence-electron chi connectivity index (χ2n) is 8.90. The number of carboxylic acid groups (broad SMARTS) is 1. The Labute approximate surface area is 198 Å². The SMILES string of the molecule is O=C(O)N[C@@H]1c2ccccc2CC12CCN(c1cnc(SCCc3ccccc3)cn1)CC2. The van der Waals surface area contributed by atoms with E-state index in [9.17, 15) is 9.90 Å². The number of aromatic nitrogens is 2. The number of rotatable bonds is 6. The maximum absolute atomic E-state index is 11.5. The molecule has 1 aliphatic carbocycles. The number of aryl methyl sites for hydroxylation is 1. The Balaban J connectivity index is 1.20. The zero-order chi connectivity index (χ0) is 22.7. The average molecular weight is 461 g/mol. The number of hydrogen-bond acceptors (Lipinski definition) is 5. The van der Waals surface area contributed by atoms with Crippen LogP contribution in [0.3, 0.4) is 0 Å². The lowest BCUT2D eigenvalue weighted by molar-refractivity contribution is 0.141. The first-order valence-electron chi connectivity index (χ1n) is 11.4. The summed E-state index contributed by atoms with van der Waals surface area (Å²) in [7, 11) is 0. The van der Waals surface area contributed by atoms with E-state index >= 15 is 0 Å². The summed E-state index contributed by atoms with van der Waals surface area (Å²) in [6, 6.07) is 18.6. The van der Waals surface area contributed by atoms with Crippen LogP contribution in [0.25, 0.3) is 0 Å². The molecule has 33 heavy (non-hydrogen) atoms. The van der Waals surface area contributed by atoms with Crippen LogP contribution in [-0.4, -0.2) is 40.0 Å². The molecule has 2 heterocycles. The molecule has 1 saturated heterocycles. The Hall–Kier alpha value is -3.06. The largest absolute Gasteiger partial charge is 0.465 e. The lowest BCUT2D eigenvalue weighted by Gasteiger charge is -2.43. The summed E-state index contributed by atoms with van der Waals surface area (Å²) < 4.78 is 0. The Kier molecular flexibility index (Phi) is 6.22. The van der Waals surface area contributed by atoms with Gasteiger partial charge in [-0.1, -0.05) is 54.6 Å². The monoisotopic (exact) mass is 460 g/mol. The van der Waals surface area contributed by atoms with E-state index in [4.69, 9.17) is 0 Å². The number of piperidine rings is 1. The first-order valence-corrected chi connectivity index (χ1v) is 12.4. The molecule has 5 rings (SSSR count). The maximum Gasteiger partial charge on any atom is 0.405 e. The second kappa shape index (κ2) is 9.43. The number of anilines is 1. The van der Waals surface area contributed by atoms with Crippen molar-refractivity contribution in [2.75, 3.05) is 23.7 Å². The minimum Gasteiger partial charge on any atom is -0.465 e. The lowest BCUT2D eigenvalue weighted by atomic mass is 9.72. The fraction of sp³-hybridized carbons (Fsp3) is 0.346. The predicted octanol–water partition coefficient (Wildman–Crippen LogP) is 4.96. The summed E-state index contributed by atoms with van der Waals surface area (Å²) in [5.41, 5.74) is 3.66. The third-order valence-corrected chi connectivity index (χ3v) is 7.88. The first kappa shape index (κ1) is 21.8. The molecule has 170 valence electrons. The van der Waals surface area contributed by atoms with Gasteiger partial charge in [-0.05, 0) is 42.4 Å². The van der Waals surface area contributed by atoms with Crippen molar-refractivity contribution in [3.05, 3.63) is 83.7 Å². The van der Waals surface area contributed by atoms with Crippen LogP contribution in [0.4, 0.5) is 10.6 Å². The normalized spacial score (nSPS) is 18.8. The molecule has 1 atom stereocenters. The number of fused-ring (bicyclic) bond motifs is 1. The lowest BCUT2D eigenvalue weighted by Crippen LogP contribution is -2.46. The van der Waals surface area contributed by atoms with Crippen LogP contribution >= 0.6 is 11.8 Å². The highest BCUT2D eigenvalue weighted by molar-refractivity contribution is 7.99. The van der Waals surface area contributed by atoms with Crippen molar-refractivity contribution < 1.29 is 9.90 Å². The van der Waals surface area contributed by atoms with Crippen molar-refractivity contribution in [2.24, 2.45) is 5.41 Å². The number of hydrogen-bond donors (Lipinski definition) is 2. The molecule has 6 nitrogen and oxygen atoms in total. The summed E-state index contributed by atoms with van der Waals surface area (Å²) >= 11 is 1.73. The summed E-state index contributed by atoms with van der Waals surface area (Å²) in [5.74, 6) is 1.87. The molecule has 1 spiro atoms. The van der Waals surface area contributed by atoms with Gasteiger partial charge in [0.2, 0.25) is 0 Å². The Morgan fingerprint density at radius 2 is 1.82 bits per heavy atom. The summed E-state index contributed by atoms with van der Waals surface area (Å²) in [4.78, 5) is 23.1. The van der Waals surface area contributed by atoms with Gasteiger partial charge in [-0.2, -0.15) is 0 Å². The molecule has 0 saturated carbocycles. The molecule has 0 unspecified atom stereocenters. The van der Waals surface area contributed by atoms with Crippen molar-refractivity contribution in [1.29, 1.82) is 0 Å². The van der Waals surface area contributed by atoms with E-state index in [0.29, 0.717) is 0 Å². The van der Waals surface area contributed by atoms with Crippen molar-refractivity contribution >= 4 is 23.7 Å². The molecule has 0 radical (unpaired) electrons. The molecule has 1 aromatic heterocycles. The quantitative estimate of drug-likeness (QED) is 0.506. The fourth-order valence-corrected chi connectivity index (χ4v) is 6.06. The standard InChI is InChI=1S/C26H28N4O2S/c31-25(32)29-24-21-9-5-4-8-20(21)16-26(24)11-13-30(14-12-26)22-17-28-23(18-27-22)33-15-10-19-6-2-1-3-7-19/h1-9,17-18,24,29H,10-16H2,(H,31,32)/t24-/m1/s1. The smallest absolute Gasteiger partial charge is 0.405 e. The molecule has 2 aromatic carbocycles. The van der Waals surface area contributed by atoms with Gasteiger partial charge < -0.3 is 15.3 Å². The van der Waals surface area contributed by atoms with Gasteiger partial charge in [-0.15, -0.1) is 11.8 Å². The van der Waals surface area contributed by atoms with Gasteiger partial charge in [-0.3, -0.25) is 0 Å². The van der Waals surface area contributed by atoms with Crippen LogP contribution in [0.15, 0.2) is 72.0 Å². The molecular formula is C26H28N4O2S. The van der Waals surface area contributed by atoms with Gasteiger partial charge in [0.25, 0.3) is 0 Å². The Morgan fingerprint density at radius 3 is 2.55 bits per heavy atom. The van der Waals surface area contributed by atoms with E-state index in [1.165, 1.54) is 11.1 Å². The van der Waals surface area contributed by atoms with E-state index in [0.717, 1.165) is 60.9 Å². The van der Waals surface area contributed by atoms with Crippen molar-refractivity contribution in [1.82, 2.24) is 15.3 Å². The molecule has 2 aliphatic rings. The highest BCUT2D eigenvalue weighted by Gasteiger charge is 2.48. The van der Waals surface area contributed by atoms with Crippen LogP contribution in [0, 0.1) is 5.41 Å². The van der Waals surface area contributed by atoms with Gasteiger partial charge in [0.05, 0.1) is 18.4 Å². The maximum atomic E-state index is 11.5. The summed E-state index contributed by atoms with van der Waals surface area (Å²) in [5, 5.41) is 13.2. The van der Waals surface area contributed by atoms with Gasteiger partial charge in [-0.25, -0.2) is 14.8 Å². The number of benzene rings is 2. The number of carbonyl (C=O) groups is 1. The van der Waals surface area contributed by atoms with Crippen LogP contribution < -0.4 is 10.2 Å². The molecule has 1 fully saturated rings. The zero-order valence-electron chi connectivity index (χ0n) is 18.5. The first-order chi connectivity index (χ1) is 16.1. The molecule has 1 amide bonds. The minimum atomic E-state index is -0.954. The molecule has 1 aliphatic heterocycles. The molecule has 0 bridgehead atoms. The van der Waals surface area contributed by atoms with E-state index in [2.05, 4.69) is 56.6 Å². The number of amides is 1. The van der Waals surface area contributed by atoms with E-state index in [-0.39, 0.29) is 11.5 Å². The third kappa shape index (κ3) is 4.69. The molecule has 7 heteroatoms. The van der Waals surface area contributed by atoms with Crippen LogP contribution in [0.2, 0.25) is 0 Å². The van der Waals surface area contributed by atoms with Gasteiger partial charge in [0, 0.05) is 24.3 Å². The fourth-order valence-electron chi connectivity index (χ4n) is 5.25. The Bertz CT molecular complexity index is 1100. The molecular weight excluding hydrogens is 432 g/mol. The highest BCUT2D eigenvalue weighted by Crippen LogP contribution is 2.52. The summed E-state index contributed by atoms with van der Waals surface area (Å²) in [6.07, 6.45) is 6.56. The van der Waals surface area contributed by atoms with Crippen molar-refractivity contribution in [2.45, 2.75) is 36.8 Å². The third-order valence-electron chi connectivity index (χ3n) is 6.97. The molecule has 2 N–H and O–H groups in total. The van der Waals surface area contributed by atoms with Crippen molar-refractivity contribution in [3.63, 3.8) is 0 Å². The van der Waals surface area contributed by atoms with E-state index in [1.54, 1.807) is 11.8 Å². The van der Waals surface area contributed by atoms with Crippen LogP contribution in [0.1, 0.15) is 35.6 Å². The van der Waals surface area contributed by atoms with E-state index in [1.807, 2.05) is 30.6 Å². The summed E-state index contributed by atoms with van der Waals surface area (Å²) in [6.45, 7) is 1.70.